The number of rotatable bonds is 6. The summed E-state index contributed by atoms with van der Waals surface area (Å²) in [6.07, 6.45) is 5.66. The molecule has 1 saturated carbocycles. The molecule has 2 heterocycles. The van der Waals surface area contributed by atoms with Crippen LogP contribution in [-0.2, 0) is 11.3 Å². The molecule has 33 heavy (non-hydrogen) atoms. The Morgan fingerprint density at radius 2 is 1.91 bits per heavy atom. The number of hydrogen-bond donors (Lipinski definition) is 2. The Kier molecular flexibility index (Phi) is 5.52. The number of anilines is 1. The summed E-state index contributed by atoms with van der Waals surface area (Å²) >= 11 is 0. The second-order valence-electron chi connectivity index (χ2n) is 8.12. The van der Waals surface area contributed by atoms with Crippen molar-refractivity contribution in [2.45, 2.75) is 18.9 Å². The molecule has 0 radical (unpaired) electrons. The maximum atomic E-state index is 14.5. The van der Waals surface area contributed by atoms with Gasteiger partial charge in [0.25, 0.3) is 5.91 Å². The van der Waals surface area contributed by atoms with E-state index in [1.807, 2.05) is 36.4 Å². The van der Waals surface area contributed by atoms with Crippen LogP contribution < -0.4 is 10.6 Å². The third kappa shape index (κ3) is 4.57. The minimum atomic E-state index is -0.408. The molecule has 0 aliphatic heterocycles. The van der Waals surface area contributed by atoms with Crippen molar-refractivity contribution in [2.24, 2.45) is 5.92 Å². The number of carbonyl (C=O) groups excluding carboxylic acids is 2. The minimum Gasteiger partial charge on any atom is -0.346 e. The summed E-state index contributed by atoms with van der Waals surface area (Å²) in [5.41, 5.74) is 2.17. The van der Waals surface area contributed by atoms with Crippen LogP contribution in [0.2, 0.25) is 0 Å². The second kappa shape index (κ2) is 8.78. The summed E-state index contributed by atoms with van der Waals surface area (Å²) in [5, 5.41) is 7.68. The summed E-state index contributed by atoms with van der Waals surface area (Å²) in [6.45, 7) is 0.280. The number of pyridine rings is 2. The van der Waals surface area contributed by atoms with Crippen LogP contribution >= 0.6 is 0 Å². The number of carbonyl (C=O) groups is 2. The van der Waals surface area contributed by atoms with Gasteiger partial charge in [0.2, 0.25) is 5.91 Å². The predicted molar refractivity (Wildman–Crippen MR) is 123 cm³/mol. The average molecular weight is 440 g/mol. The Hall–Kier alpha value is -4.13. The van der Waals surface area contributed by atoms with E-state index in [0.29, 0.717) is 23.2 Å². The Morgan fingerprint density at radius 3 is 2.76 bits per heavy atom. The van der Waals surface area contributed by atoms with E-state index < -0.39 is 5.82 Å². The van der Waals surface area contributed by atoms with Crippen molar-refractivity contribution < 1.29 is 14.0 Å². The summed E-state index contributed by atoms with van der Waals surface area (Å²) in [6, 6.07) is 17.2. The Labute approximate surface area is 189 Å². The first-order valence-electron chi connectivity index (χ1n) is 10.7. The Morgan fingerprint density at radius 1 is 1.00 bits per heavy atom. The van der Waals surface area contributed by atoms with E-state index in [1.54, 1.807) is 30.7 Å². The number of nitrogens with zero attached hydrogens (tertiary/aromatic N) is 2. The first kappa shape index (κ1) is 20.8. The van der Waals surface area contributed by atoms with E-state index >= 15 is 0 Å². The molecule has 7 heteroatoms. The lowest BCUT2D eigenvalue weighted by Gasteiger charge is -2.09. The monoisotopic (exact) mass is 440 g/mol. The van der Waals surface area contributed by atoms with Crippen LogP contribution in [0.4, 0.5) is 10.1 Å². The lowest BCUT2D eigenvalue weighted by Crippen LogP contribution is -2.23. The average Bonchev–Trinajstić information content (AvgIpc) is 3.64. The highest BCUT2D eigenvalue weighted by Gasteiger charge is 2.45. The number of benzene rings is 2. The van der Waals surface area contributed by atoms with Gasteiger partial charge >= 0.3 is 0 Å². The van der Waals surface area contributed by atoms with Gasteiger partial charge in [-0.2, -0.15) is 0 Å². The maximum absolute atomic E-state index is 14.5. The fourth-order valence-electron chi connectivity index (χ4n) is 3.97. The third-order valence-corrected chi connectivity index (χ3v) is 5.85. The number of fused-ring (bicyclic) bond motifs is 1. The van der Waals surface area contributed by atoms with Gasteiger partial charge in [-0.1, -0.05) is 12.1 Å². The number of hydrogen-bond acceptors (Lipinski definition) is 4. The molecule has 2 amide bonds. The van der Waals surface area contributed by atoms with Crippen molar-refractivity contribution in [1.29, 1.82) is 0 Å². The summed E-state index contributed by atoms with van der Waals surface area (Å²) in [5.74, 6) is -1.46. The molecule has 2 N–H and O–H groups in total. The molecular weight excluding hydrogens is 419 g/mol. The topological polar surface area (TPSA) is 84.0 Å². The smallest absolute Gasteiger partial charge is 0.251 e. The van der Waals surface area contributed by atoms with Gasteiger partial charge in [-0.3, -0.25) is 19.6 Å². The zero-order chi connectivity index (χ0) is 22.8. The first-order valence-corrected chi connectivity index (χ1v) is 10.7. The highest BCUT2D eigenvalue weighted by Crippen LogP contribution is 2.49. The van der Waals surface area contributed by atoms with Gasteiger partial charge in [0.05, 0.1) is 12.2 Å². The number of halogens is 1. The van der Waals surface area contributed by atoms with E-state index in [0.717, 1.165) is 16.5 Å². The highest BCUT2D eigenvalue weighted by atomic mass is 19.1. The van der Waals surface area contributed by atoms with Crippen molar-refractivity contribution in [2.75, 3.05) is 5.32 Å². The van der Waals surface area contributed by atoms with Crippen LogP contribution in [0.15, 0.2) is 79.3 Å². The Balaban J connectivity index is 1.25. The van der Waals surface area contributed by atoms with Crippen LogP contribution in [0.5, 0.6) is 0 Å². The van der Waals surface area contributed by atoms with Crippen molar-refractivity contribution >= 4 is 28.3 Å². The zero-order valence-electron chi connectivity index (χ0n) is 17.7. The van der Waals surface area contributed by atoms with Crippen molar-refractivity contribution in [3.63, 3.8) is 0 Å². The predicted octanol–water partition coefficient (Wildman–Crippen LogP) is 4.44. The highest BCUT2D eigenvalue weighted by molar-refractivity contribution is 5.98. The molecule has 2 aromatic carbocycles. The lowest BCUT2D eigenvalue weighted by molar-refractivity contribution is -0.117. The van der Waals surface area contributed by atoms with E-state index in [2.05, 4.69) is 20.6 Å². The molecule has 1 aliphatic rings. The fraction of sp³-hybridized carbons (Fsp3) is 0.154. The SMILES string of the molecule is O=C(NCc1ccccn1)c1ccc(F)c([C@@H]2C[C@H]2C(=O)Nc2ccc3cnccc3c2)c1. The molecule has 0 unspecified atom stereocenters. The molecule has 5 rings (SSSR count). The van der Waals surface area contributed by atoms with Gasteiger partial charge in [-0.15, -0.1) is 0 Å². The first-order chi connectivity index (χ1) is 16.1. The molecular formula is C26H21FN4O2. The van der Waals surface area contributed by atoms with Gasteiger partial charge in [0.1, 0.15) is 5.82 Å². The number of amides is 2. The lowest BCUT2D eigenvalue weighted by atomic mass is 10.0. The Bertz CT molecular complexity index is 1340. The van der Waals surface area contributed by atoms with E-state index in [-0.39, 0.29) is 30.2 Å². The van der Waals surface area contributed by atoms with Crippen molar-refractivity contribution in [1.82, 2.24) is 15.3 Å². The normalized spacial score (nSPS) is 16.9. The molecule has 0 bridgehead atoms. The third-order valence-electron chi connectivity index (χ3n) is 5.85. The molecule has 2 aromatic heterocycles. The van der Waals surface area contributed by atoms with E-state index in [4.69, 9.17) is 0 Å². The van der Waals surface area contributed by atoms with Crippen LogP contribution in [0, 0.1) is 11.7 Å². The van der Waals surface area contributed by atoms with Crippen LogP contribution in [0.3, 0.4) is 0 Å². The molecule has 1 aliphatic carbocycles. The van der Waals surface area contributed by atoms with Gasteiger partial charge in [-0.25, -0.2) is 4.39 Å². The van der Waals surface area contributed by atoms with Gasteiger partial charge in [-0.05, 0) is 71.8 Å². The van der Waals surface area contributed by atoms with Crippen molar-refractivity contribution in [3.05, 3.63) is 102 Å². The summed E-state index contributed by atoms with van der Waals surface area (Å²) < 4.78 is 14.5. The molecule has 164 valence electrons. The van der Waals surface area contributed by atoms with Crippen LogP contribution in [-0.4, -0.2) is 21.8 Å². The zero-order valence-corrected chi connectivity index (χ0v) is 17.7. The molecule has 6 nitrogen and oxygen atoms in total. The van der Waals surface area contributed by atoms with E-state index in [1.165, 1.54) is 12.1 Å². The largest absolute Gasteiger partial charge is 0.346 e. The van der Waals surface area contributed by atoms with Crippen LogP contribution in [0.25, 0.3) is 10.8 Å². The number of aromatic nitrogens is 2. The fourth-order valence-corrected chi connectivity index (χ4v) is 3.97. The standard InChI is InChI=1S/C26H21FN4O2/c27-24-7-5-17(25(32)30-15-20-3-1-2-9-29-20)12-22(24)21-13-23(21)26(33)31-19-6-4-18-14-28-10-8-16(18)11-19/h1-12,14,21,23H,13,15H2,(H,30,32)(H,31,33)/t21-,23+/m0/s1. The number of nitrogens with one attached hydrogen (secondary N) is 2. The second-order valence-corrected chi connectivity index (χ2v) is 8.12. The maximum Gasteiger partial charge on any atom is 0.251 e. The molecule has 0 spiro atoms. The molecule has 2 atom stereocenters. The summed E-state index contributed by atoms with van der Waals surface area (Å²) in [7, 11) is 0. The summed E-state index contributed by atoms with van der Waals surface area (Å²) in [4.78, 5) is 33.6. The van der Waals surface area contributed by atoms with Gasteiger partial charge in [0.15, 0.2) is 0 Å². The van der Waals surface area contributed by atoms with Gasteiger partial charge in [0, 0.05) is 41.1 Å². The van der Waals surface area contributed by atoms with Gasteiger partial charge < -0.3 is 10.6 Å². The van der Waals surface area contributed by atoms with E-state index in [9.17, 15) is 14.0 Å². The minimum absolute atomic E-state index is 0.155. The van der Waals surface area contributed by atoms with Crippen LogP contribution in [0.1, 0.15) is 34.0 Å². The van der Waals surface area contributed by atoms with Crippen molar-refractivity contribution in [3.8, 4) is 0 Å². The molecule has 1 fully saturated rings. The molecule has 4 aromatic rings. The quantitative estimate of drug-likeness (QED) is 0.464. The molecule has 0 saturated heterocycles.